The van der Waals surface area contributed by atoms with E-state index in [1.54, 1.807) is 0 Å². The molecular weight excluding hydrogens is 304 g/mol. The highest BCUT2D eigenvalue weighted by molar-refractivity contribution is 7.90. The van der Waals surface area contributed by atoms with E-state index in [2.05, 4.69) is 10.0 Å². The van der Waals surface area contributed by atoms with Gasteiger partial charge >= 0.3 is 0 Å². The highest BCUT2D eigenvalue weighted by Crippen LogP contribution is 2.34. The van der Waals surface area contributed by atoms with Crippen LogP contribution in [-0.2, 0) is 16.6 Å². The molecule has 2 aromatic rings. The van der Waals surface area contributed by atoms with Gasteiger partial charge in [-0.25, -0.2) is 13.1 Å². The van der Waals surface area contributed by atoms with Crippen molar-refractivity contribution in [1.29, 1.82) is 0 Å². The summed E-state index contributed by atoms with van der Waals surface area (Å²) < 4.78 is 29.4. The predicted molar refractivity (Wildman–Crippen MR) is 89.3 cm³/mol. The van der Waals surface area contributed by atoms with Gasteiger partial charge in [-0.3, -0.25) is 0 Å². The lowest BCUT2D eigenvalue weighted by atomic mass is 10.2. The summed E-state index contributed by atoms with van der Waals surface area (Å²) in [6.07, 6.45) is 1.58. The van der Waals surface area contributed by atoms with E-state index in [0.717, 1.165) is 27.8 Å². The van der Waals surface area contributed by atoms with E-state index in [0.29, 0.717) is 11.4 Å². The minimum atomic E-state index is -3.50. The van der Waals surface area contributed by atoms with Gasteiger partial charge in [0.25, 0.3) is 0 Å². The van der Waals surface area contributed by atoms with E-state index in [4.69, 9.17) is 0 Å². The molecule has 1 aromatic heterocycles. The maximum absolute atomic E-state index is 12.8. The van der Waals surface area contributed by atoms with Crippen molar-refractivity contribution in [2.75, 3.05) is 7.05 Å². The average Bonchev–Trinajstić information content (AvgIpc) is 2.84. The number of nitrogens with one attached hydrogen (secondary N) is 2. The zero-order valence-corrected chi connectivity index (χ0v) is 14.3. The molecule has 0 fully saturated rings. The molecular formula is C15H22N2O2S2. The number of hydrogen-bond donors (Lipinski definition) is 2. The van der Waals surface area contributed by atoms with Crippen molar-refractivity contribution in [2.24, 2.45) is 0 Å². The Morgan fingerprint density at radius 2 is 1.86 bits per heavy atom. The molecule has 0 aliphatic rings. The van der Waals surface area contributed by atoms with E-state index >= 15 is 0 Å². The molecule has 0 aliphatic heterocycles. The van der Waals surface area contributed by atoms with E-state index in [-0.39, 0.29) is 6.04 Å². The fourth-order valence-corrected chi connectivity index (χ4v) is 5.74. The summed E-state index contributed by atoms with van der Waals surface area (Å²) in [5.41, 5.74) is 0. The molecule has 0 radical (unpaired) electrons. The Morgan fingerprint density at radius 3 is 2.48 bits per heavy atom. The standard InChI is InChI=1S/C15H22N2O2S2/c1-4-11(5-2)17-21(18,19)15-12-8-6-7-9-13(12)20-14(15)10-16-3/h6-9,11,16-17H,4-5,10H2,1-3H3. The average molecular weight is 326 g/mol. The molecule has 1 aromatic carbocycles. The van der Waals surface area contributed by atoms with Crippen LogP contribution in [0.5, 0.6) is 0 Å². The lowest BCUT2D eigenvalue weighted by Crippen LogP contribution is -2.34. The molecule has 4 nitrogen and oxygen atoms in total. The molecule has 0 saturated carbocycles. The van der Waals surface area contributed by atoms with Gasteiger partial charge in [0, 0.05) is 27.5 Å². The maximum Gasteiger partial charge on any atom is 0.242 e. The fourth-order valence-electron chi connectivity index (χ4n) is 2.38. The molecule has 0 bridgehead atoms. The Balaban J connectivity index is 2.55. The molecule has 21 heavy (non-hydrogen) atoms. The molecule has 0 spiro atoms. The van der Waals surface area contributed by atoms with Crippen LogP contribution in [0.25, 0.3) is 10.1 Å². The first kappa shape index (κ1) is 16.4. The van der Waals surface area contributed by atoms with Crippen LogP contribution in [0.2, 0.25) is 0 Å². The van der Waals surface area contributed by atoms with E-state index in [1.165, 1.54) is 11.3 Å². The quantitative estimate of drug-likeness (QED) is 0.822. The number of fused-ring (bicyclic) bond motifs is 1. The molecule has 116 valence electrons. The van der Waals surface area contributed by atoms with E-state index < -0.39 is 10.0 Å². The second-order valence-corrected chi connectivity index (χ2v) is 7.80. The molecule has 0 amide bonds. The van der Waals surface area contributed by atoms with Crippen LogP contribution in [0, 0.1) is 0 Å². The summed E-state index contributed by atoms with van der Waals surface area (Å²) in [5, 5.41) is 3.87. The molecule has 6 heteroatoms. The molecule has 2 rings (SSSR count). The first-order chi connectivity index (χ1) is 10.0. The maximum atomic E-state index is 12.8. The van der Waals surface area contributed by atoms with Gasteiger partial charge in [-0.2, -0.15) is 0 Å². The Labute approximate surface area is 130 Å². The van der Waals surface area contributed by atoms with Gasteiger partial charge in [0.2, 0.25) is 10.0 Å². The van der Waals surface area contributed by atoms with Gasteiger partial charge in [0.05, 0.1) is 0 Å². The summed E-state index contributed by atoms with van der Waals surface area (Å²) >= 11 is 1.54. The second-order valence-electron chi connectivity index (χ2n) is 5.02. The third-order valence-electron chi connectivity index (χ3n) is 3.53. The van der Waals surface area contributed by atoms with Crippen molar-refractivity contribution < 1.29 is 8.42 Å². The normalized spacial score (nSPS) is 12.4. The van der Waals surface area contributed by atoms with Crippen LogP contribution in [-0.4, -0.2) is 21.5 Å². The first-order valence-electron chi connectivity index (χ1n) is 7.20. The summed E-state index contributed by atoms with van der Waals surface area (Å²) in [6.45, 7) is 4.55. The Hall–Kier alpha value is -0.950. The minimum absolute atomic E-state index is 0.0175. The third-order valence-corrected chi connectivity index (χ3v) is 6.48. The van der Waals surface area contributed by atoms with Crippen molar-refractivity contribution in [3.05, 3.63) is 29.1 Å². The van der Waals surface area contributed by atoms with E-state index in [1.807, 2.05) is 45.2 Å². The van der Waals surface area contributed by atoms with Gasteiger partial charge in [0.15, 0.2) is 0 Å². The predicted octanol–water partition coefficient (Wildman–Crippen LogP) is 3.09. The van der Waals surface area contributed by atoms with Gasteiger partial charge in [0.1, 0.15) is 4.90 Å². The summed E-state index contributed by atoms with van der Waals surface area (Å²) in [5.74, 6) is 0. The number of thiophene rings is 1. The molecule has 0 unspecified atom stereocenters. The first-order valence-corrected chi connectivity index (χ1v) is 9.50. The minimum Gasteiger partial charge on any atom is -0.315 e. The van der Waals surface area contributed by atoms with Crippen LogP contribution in [0.4, 0.5) is 0 Å². The zero-order valence-electron chi connectivity index (χ0n) is 12.6. The van der Waals surface area contributed by atoms with Gasteiger partial charge in [-0.05, 0) is 26.0 Å². The van der Waals surface area contributed by atoms with Crippen LogP contribution in [0.3, 0.4) is 0 Å². The summed E-state index contributed by atoms with van der Waals surface area (Å²) in [4.78, 5) is 1.29. The fraction of sp³-hybridized carbons (Fsp3) is 0.467. The second kappa shape index (κ2) is 6.87. The highest BCUT2D eigenvalue weighted by atomic mass is 32.2. The van der Waals surface area contributed by atoms with Gasteiger partial charge in [-0.15, -0.1) is 11.3 Å². The lowest BCUT2D eigenvalue weighted by molar-refractivity contribution is 0.530. The summed E-state index contributed by atoms with van der Waals surface area (Å²) in [6, 6.07) is 7.65. The van der Waals surface area contributed by atoms with Crippen molar-refractivity contribution in [3.63, 3.8) is 0 Å². The highest BCUT2D eigenvalue weighted by Gasteiger charge is 2.25. The van der Waals surface area contributed by atoms with Crippen molar-refractivity contribution >= 4 is 31.4 Å². The zero-order chi connectivity index (χ0) is 15.5. The largest absolute Gasteiger partial charge is 0.315 e. The number of hydrogen-bond acceptors (Lipinski definition) is 4. The van der Waals surface area contributed by atoms with Crippen LogP contribution < -0.4 is 10.0 Å². The number of sulfonamides is 1. The number of benzene rings is 1. The molecule has 2 N–H and O–H groups in total. The third kappa shape index (κ3) is 3.45. The van der Waals surface area contributed by atoms with Gasteiger partial charge in [-0.1, -0.05) is 32.0 Å². The Kier molecular flexibility index (Phi) is 5.37. The summed E-state index contributed by atoms with van der Waals surface area (Å²) in [7, 11) is -1.67. The van der Waals surface area contributed by atoms with Crippen molar-refractivity contribution in [2.45, 2.75) is 44.2 Å². The van der Waals surface area contributed by atoms with E-state index in [9.17, 15) is 8.42 Å². The van der Waals surface area contributed by atoms with Crippen molar-refractivity contribution in [3.8, 4) is 0 Å². The van der Waals surface area contributed by atoms with Crippen molar-refractivity contribution in [1.82, 2.24) is 10.0 Å². The van der Waals surface area contributed by atoms with Crippen LogP contribution in [0.1, 0.15) is 31.6 Å². The lowest BCUT2D eigenvalue weighted by Gasteiger charge is -2.15. The molecule has 0 saturated heterocycles. The SMILES string of the molecule is CCC(CC)NS(=O)(=O)c1c(CNC)sc2ccccc12. The number of rotatable bonds is 7. The Morgan fingerprint density at radius 1 is 1.19 bits per heavy atom. The van der Waals surface area contributed by atoms with Crippen LogP contribution in [0.15, 0.2) is 29.2 Å². The topological polar surface area (TPSA) is 58.2 Å². The molecule has 0 aliphatic carbocycles. The smallest absolute Gasteiger partial charge is 0.242 e. The Bertz CT molecular complexity index is 704. The molecule has 0 atom stereocenters. The molecule has 1 heterocycles. The van der Waals surface area contributed by atoms with Gasteiger partial charge < -0.3 is 5.32 Å². The van der Waals surface area contributed by atoms with Crippen LogP contribution >= 0.6 is 11.3 Å². The monoisotopic (exact) mass is 326 g/mol.